The average Bonchev–Trinajstić information content (AvgIpc) is 2.55. The monoisotopic (exact) mass is 296 g/mol. The number of rotatable bonds is 2. The van der Waals surface area contributed by atoms with Crippen LogP contribution >= 0.6 is 15.9 Å². The molecule has 2 aromatic rings. The van der Waals surface area contributed by atoms with Crippen LogP contribution in [0.1, 0.15) is 16.2 Å². The van der Waals surface area contributed by atoms with E-state index in [0.717, 1.165) is 4.47 Å². The molecule has 2 rings (SSSR count). The Labute approximate surface area is 105 Å². The van der Waals surface area contributed by atoms with Gasteiger partial charge in [0.25, 0.3) is 0 Å². The summed E-state index contributed by atoms with van der Waals surface area (Å²) in [6.45, 7) is 1.54. The Morgan fingerprint density at radius 3 is 2.41 bits per heavy atom. The number of nitrogens with zero attached hydrogens (tertiary/aromatic N) is 2. The summed E-state index contributed by atoms with van der Waals surface area (Å²) in [7, 11) is 0. The van der Waals surface area contributed by atoms with Crippen LogP contribution in [0.25, 0.3) is 11.4 Å². The lowest BCUT2D eigenvalue weighted by molar-refractivity contribution is 0.0645. The number of aromatic carboxylic acids is 1. The number of carbonyl (C=O) groups is 1. The van der Waals surface area contributed by atoms with Gasteiger partial charge in [-0.25, -0.2) is 9.78 Å². The van der Waals surface area contributed by atoms with Crippen LogP contribution in [-0.4, -0.2) is 26.0 Å². The maximum Gasteiger partial charge on any atom is 0.357 e. The lowest BCUT2D eigenvalue weighted by Gasteiger charge is -2.01. The minimum atomic E-state index is -1.21. The summed E-state index contributed by atoms with van der Waals surface area (Å²) >= 11 is 3.30. The molecule has 0 bridgehead atoms. The van der Waals surface area contributed by atoms with Gasteiger partial charge in [0.15, 0.2) is 11.5 Å². The van der Waals surface area contributed by atoms with E-state index in [9.17, 15) is 10.0 Å². The third kappa shape index (κ3) is 2.03. The highest BCUT2D eigenvalue weighted by atomic mass is 79.9. The van der Waals surface area contributed by atoms with Crippen molar-refractivity contribution >= 4 is 21.9 Å². The molecule has 1 heterocycles. The number of imidazole rings is 1. The van der Waals surface area contributed by atoms with Crippen LogP contribution in [0.15, 0.2) is 28.7 Å². The summed E-state index contributed by atoms with van der Waals surface area (Å²) in [5.41, 5.74) is 0.701. The predicted octanol–water partition coefficient (Wildman–Crippen LogP) is 2.56. The molecule has 2 N–H and O–H groups in total. The molecule has 6 heteroatoms. The molecular formula is C11H9BrN2O3. The van der Waals surface area contributed by atoms with Gasteiger partial charge in [-0.2, -0.15) is 4.73 Å². The summed E-state index contributed by atoms with van der Waals surface area (Å²) < 4.78 is 1.49. The fourth-order valence-electron chi connectivity index (χ4n) is 1.55. The number of hydrogen-bond donors (Lipinski definition) is 2. The fourth-order valence-corrected chi connectivity index (χ4v) is 1.81. The molecule has 1 aromatic heterocycles. The van der Waals surface area contributed by atoms with Crippen LogP contribution in [0, 0.1) is 6.92 Å². The summed E-state index contributed by atoms with van der Waals surface area (Å²) in [4.78, 5) is 15.0. The Hall–Kier alpha value is -1.82. The first kappa shape index (κ1) is 11.7. The Morgan fingerprint density at radius 1 is 1.35 bits per heavy atom. The van der Waals surface area contributed by atoms with Gasteiger partial charge in [-0.15, -0.1) is 0 Å². The summed E-state index contributed by atoms with van der Waals surface area (Å²) in [5.74, 6) is -0.992. The molecular weight excluding hydrogens is 288 g/mol. The molecule has 5 nitrogen and oxygen atoms in total. The lowest BCUT2D eigenvalue weighted by atomic mass is 10.2. The van der Waals surface area contributed by atoms with Crippen LogP contribution in [-0.2, 0) is 0 Å². The summed E-state index contributed by atoms with van der Waals surface area (Å²) in [6, 6.07) is 7.06. The van der Waals surface area contributed by atoms with Gasteiger partial charge in [-0.05, 0) is 19.1 Å². The minimum Gasteiger partial charge on any atom is -0.476 e. The van der Waals surface area contributed by atoms with E-state index < -0.39 is 5.97 Å². The number of aromatic nitrogens is 2. The van der Waals surface area contributed by atoms with Crippen LogP contribution in [0.5, 0.6) is 0 Å². The zero-order valence-electron chi connectivity index (χ0n) is 8.88. The predicted molar refractivity (Wildman–Crippen MR) is 64.2 cm³/mol. The van der Waals surface area contributed by atoms with Crippen molar-refractivity contribution in [1.29, 1.82) is 0 Å². The second kappa shape index (κ2) is 4.21. The van der Waals surface area contributed by atoms with E-state index in [1.807, 2.05) is 0 Å². The van der Waals surface area contributed by atoms with E-state index in [-0.39, 0.29) is 17.2 Å². The van der Waals surface area contributed by atoms with Gasteiger partial charge >= 0.3 is 5.97 Å². The minimum absolute atomic E-state index is 0.215. The van der Waals surface area contributed by atoms with Gasteiger partial charge in [0.1, 0.15) is 0 Å². The Bertz CT molecular complexity index is 575. The largest absolute Gasteiger partial charge is 0.476 e. The standard InChI is InChI=1S/C11H9BrN2O3/c1-6-9(11(15)16)14(17)10(13-6)7-2-4-8(12)5-3-7/h2-5,17H,1H3,(H,15,16). The Balaban J connectivity index is 2.57. The van der Waals surface area contributed by atoms with E-state index >= 15 is 0 Å². The molecule has 0 radical (unpaired) electrons. The quantitative estimate of drug-likeness (QED) is 0.835. The van der Waals surface area contributed by atoms with Gasteiger partial charge in [0, 0.05) is 10.0 Å². The number of benzene rings is 1. The first-order valence-corrected chi connectivity index (χ1v) is 5.58. The molecule has 0 amide bonds. The highest BCUT2D eigenvalue weighted by Crippen LogP contribution is 2.22. The van der Waals surface area contributed by atoms with Crippen molar-refractivity contribution in [3.8, 4) is 11.4 Å². The average molecular weight is 297 g/mol. The number of carboxylic acid groups (broad SMARTS) is 1. The van der Waals surface area contributed by atoms with Crippen LogP contribution in [0.3, 0.4) is 0 Å². The third-order valence-corrected chi connectivity index (χ3v) is 2.86. The third-order valence-electron chi connectivity index (χ3n) is 2.33. The zero-order valence-corrected chi connectivity index (χ0v) is 10.5. The lowest BCUT2D eigenvalue weighted by Crippen LogP contribution is -2.07. The number of hydrogen-bond acceptors (Lipinski definition) is 3. The van der Waals surface area contributed by atoms with Crippen LogP contribution in [0.4, 0.5) is 0 Å². The molecule has 0 saturated carbocycles. The van der Waals surface area contributed by atoms with Crippen molar-refractivity contribution in [2.45, 2.75) is 6.92 Å². The van der Waals surface area contributed by atoms with Crippen molar-refractivity contribution in [3.63, 3.8) is 0 Å². The molecule has 0 aliphatic carbocycles. The van der Waals surface area contributed by atoms with Crippen molar-refractivity contribution in [3.05, 3.63) is 40.1 Å². The highest BCUT2D eigenvalue weighted by molar-refractivity contribution is 9.10. The van der Waals surface area contributed by atoms with E-state index in [1.54, 1.807) is 31.2 Å². The number of halogens is 1. The molecule has 0 saturated heterocycles. The maximum absolute atomic E-state index is 10.9. The first-order valence-electron chi connectivity index (χ1n) is 4.78. The second-order valence-corrected chi connectivity index (χ2v) is 4.41. The van der Waals surface area contributed by atoms with Crippen molar-refractivity contribution in [2.75, 3.05) is 0 Å². The van der Waals surface area contributed by atoms with Crippen molar-refractivity contribution in [1.82, 2.24) is 9.71 Å². The van der Waals surface area contributed by atoms with E-state index in [0.29, 0.717) is 10.3 Å². The van der Waals surface area contributed by atoms with E-state index in [1.165, 1.54) is 0 Å². The fraction of sp³-hybridized carbons (Fsp3) is 0.0909. The highest BCUT2D eigenvalue weighted by Gasteiger charge is 2.20. The van der Waals surface area contributed by atoms with Crippen molar-refractivity contribution in [2.24, 2.45) is 0 Å². The molecule has 0 atom stereocenters. The molecule has 0 fully saturated rings. The Kier molecular flexibility index (Phi) is 2.89. The van der Waals surface area contributed by atoms with Gasteiger partial charge in [0.2, 0.25) is 0 Å². The molecule has 17 heavy (non-hydrogen) atoms. The second-order valence-electron chi connectivity index (χ2n) is 3.49. The molecule has 1 aromatic carbocycles. The van der Waals surface area contributed by atoms with E-state index in [4.69, 9.17) is 5.11 Å². The summed E-state index contributed by atoms with van der Waals surface area (Å²) in [6.07, 6.45) is 0. The van der Waals surface area contributed by atoms with Crippen LogP contribution < -0.4 is 0 Å². The van der Waals surface area contributed by atoms with Gasteiger partial charge < -0.3 is 10.3 Å². The molecule has 0 aliphatic heterocycles. The molecule has 88 valence electrons. The van der Waals surface area contributed by atoms with E-state index in [2.05, 4.69) is 20.9 Å². The molecule has 0 spiro atoms. The zero-order chi connectivity index (χ0) is 12.6. The molecule has 0 aliphatic rings. The van der Waals surface area contributed by atoms with Gasteiger partial charge in [0.05, 0.1) is 5.69 Å². The summed E-state index contributed by atoms with van der Waals surface area (Å²) in [5, 5.41) is 18.7. The SMILES string of the molecule is Cc1nc(-c2ccc(Br)cc2)n(O)c1C(=O)O. The smallest absolute Gasteiger partial charge is 0.357 e. The van der Waals surface area contributed by atoms with Gasteiger partial charge in [-0.1, -0.05) is 28.1 Å². The maximum atomic E-state index is 10.9. The Morgan fingerprint density at radius 2 is 1.94 bits per heavy atom. The first-order chi connectivity index (χ1) is 8.00. The van der Waals surface area contributed by atoms with Gasteiger partial charge in [-0.3, -0.25) is 0 Å². The topological polar surface area (TPSA) is 75.3 Å². The van der Waals surface area contributed by atoms with Crippen molar-refractivity contribution < 1.29 is 15.1 Å². The normalized spacial score (nSPS) is 10.5. The molecule has 0 unspecified atom stereocenters. The number of carboxylic acids is 1. The van der Waals surface area contributed by atoms with Crippen LogP contribution in [0.2, 0.25) is 0 Å². The number of aryl methyl sites for hydroxylation is 1.